The van der Waals surface area contributed by atoms with Gasteiger partial charge in [0.05, 0.1) is 4.90 Å². The van der Waals surface area contributed by atoms with Crippen LogP contribution in [0.25, 0.3) is 0 Å². The molecule has 0 fully saturated rings. The van der Waals surface area contributed by atoms with E-state index in [1.54, 1.807) is 19.2 Å². The predicted octanol–water partition coefficient (Wildman–Crippen LogP) is 2.56. The van der Waals surface area contributed by atoms with Gasteiger partial charge in [0.25, 0.3) is 0 Å². The van der Waals surface area contributed by atoms with Gasteiger partial charge in [-0.3, -0.25) is 4.99 Å². The molecule has 0 aliphatic heterocycles. The quantitative estimate of drug-likeness (QED) is 0.296. The zero-order valence-corrected chi connectivity index (χ0v) is 18.9. The second-order valence-corrected chi connectivity index (χ2v) is 7.74. The number of nitrogens with two attached hydrogens (primary N) is 1. The normalized spacial score (nSPS) is 11.6. The summed E-state index contributed by atoms with van der Waals surface area (Å²) in [5.41, 5.74) is 2.18. The maximum absolute atomic E-state index is 11.2. The molecule has 0 atom stereocenters. The van der Waals surface area contributed by atoms with Crippen LogP contribution in [-0.2, 0) is 22.9 Å². The standard InChI is InChI=1S/C18H23ClN4O2S.HI/c1-21-18(23-12-10-15-3-2-4-16(19)13-15)22-11-9-14-5-7-17(8-6-14)26(20,24)25;/h2-8,13H,9-12H2,1H3,(H2,20,24,25)(H2,21,22,23);1H. The van der Waals surface area contributed by atoms with Gasteiger partial charge in [-0.1, -0.05) is 35.9 Å². The number of nitrogens with one attached hydrogen (secondary N) is 2. The molecule has 0 aromatic heterocycles. The van der Waals surface area contributed by atoms with E-state index in [1.165, 1.54) is 12.1 Å². The summed E-state index contributed by atoms with van der Waals surface area (Å²) < 4.78 is 22.5. The van der Waals surface area contributed by atoms with Crippen molar-refractivity contribution in [1.82, 2.24) is 10.6 Å². The number of primary sulfonamides is 1. The summed E-state index contributed by atoms with van der Waals surface area (Å²) in [5, 5.41) is 12.3. The van der Waals surface area contributed by atoms with E-state index in [0.717, 1.165) is 35.5 Å². The molecule has 27 heavy (non-hydrogen) atoms. The van der Waals surface area contributed by atoms with Crippen LogP contribution in [0, 0.1) is 0 Å². The Kier molecular flexibility index (Phi) is 10.1. The van der Waals surface area contributed by atoms with Crippen molar-refractivity contribution in [2.75, 3.05) is 20.1 Å². The molecule has 0 unspecified atom stereocenters. The summed E-state index contributed by atoms with van der Waals surface area (Å²) in [6, 6.07) is 14.3. The first kappa shape index (κ1) is 23.7. The molecule has 4 N–H and O–H groups in total. The average molecular weight is 523 g/mol. The van der Waals surface area contributed by atoms with Gasteiger partial charge in [0.2, 0.25) is 10.0 Å². The van der Waals surface area contributed by atoms with Gasteiger partial charge in [0.15, 0.2) is 5.96 Å². The largest absolute Gasteiger partial charge is 0.356 e. The lowest BCUT2D eigenvalue weighted by atomic mass is 10.1. The van der Waals surface area contributed by atoms with Crippen LogP contribution in [0.15, 0.2) is 58.4 Å². The summed E-state index contributed by atoms with van der Waals surface area (Å²) in [5.74, 6) is 0.716. The smallest absolute Gasteiger partial charge is 0.238 e. The van der Waals surface area contributed by atoms with Crippen molar-refractivity contribution in [3.63, 3.8) is 0 Å². The molecule has 0 radical (unpaired) electrons. The monoisotopic (exact) mass is 522 g/mol. The second-order valence-electron chi connectivity index (χ2n) is 5.74. The van der Waals surface area contributed by atoms with E-state index in [4.69, 9.17) is 16.7 Å². The molecule has 2 aromatic carbocycles. The topological polar surface area (TPSA) is 96.6 Å². The number of sulfonamides is 1. The summed E-state index contributed by atoms with van der Waals surface area (Å²) in [6.45, 7) is 1.41. The Balaban J connectivity index is 0.00000364. The lowest BCUT2D eigenvalue weighted by Gasteiger charge is -2.12. The highest BCUT2D eigenvalue weighted by Crippen LogP contribution is 2.11. The third-order valence-electron chi connectivity index (χ3n) is 3.78. The molecule has 0 heterocycles. The number of halogens is 2. The first-order chi connectivity index (χ1) is 12.4. The fourth-order valence-corrected chi connectivity index (χ4v) is 3.14. The minimum absolute atomic E-state index is 0. The molecule has 6 nitrogen and oxygen atoms in total. The molecular weight excluding hydrogens is 499 g/mol. The van der Waals surface area contributed by atoms with E-state index in [0.29, 0.717) is 12.5 Å². The van der Waals surface area contributed by atoms with Gasteiger partial charge in [-0.25, -0.2) is 13.6 Å². The highest BCUT2D eigenvalue weighted by molar-refractivity contribution is 14.0. The van der Waals surface area contributed by atoms with Crippen molar-refractivity contribution in [1.29, 1.82) is 0 Å². The molecule has 0 aliphatic carbocycles. The maximum Gasteiger partial charge on any atom is 0.238 e. The van der Waals surface area contributed by atoms with E-state index in [-0.39, 0.29) is 28.9 Å². The number of hydrogen-bond acceptors (Lipinski definition) is 3. The van der Waals surface area contributed by atoms with Gasteiger partial charge in [-0.05, 0) is 48.2 Å². The lowest BCUT2D eigenvalue weighted by molar-refractivity contribution is 0.598. The van der Waals surface area contributed by atoms with Gasteiger partial charge >= 0.3 is 0 Å². The van der Waals surface area contributed by atoms with Crippen molar-refractivity contribution < 1.29 is 8.42 Å². The number of benzene rings is 2. The Bertz CT molecular complexity index is 858. The van der Waals surface area contributed by atoms with E-state index in [2.05, 4.69) is 15.6 Å². The molecule has 0 spiro atoms. The Morgan fingerprint density at radius 2 is 1.63 bits per heavy atom. The maximum atomic E-state index is 11.2. The van der Waals surface area contributed by atoms with Crippen molar-refractivity contribution in [3.8, 4) is 0 Å². The number of nitrogens with zero attached hydrogens (tertiary/aromatic N) is 1. The molecular formula is C18H24ClIN4O2S. The van der Waals surface area contributed by atoms with Crippen molar-refractivity contribution in [2.24, 2.45) is 10.1 Å². The number of guanidine groups is 1. The molecule has 9 heteroatoms. The molecule has 0 amide bonds. The Morgan fingerprint density at radius 1 is 1.04 bits per heavy atom. The van der Waals surface area contributed by atoms with Crippen LogP contribution in [0.5, 0.6) is 0 Å². The summed E-state index contributed by atoms with van der Waals surface area (Å²) in [4.78, 5) is 4.31. The first-order valence-electron chi connectivity index (χ1n) is 8.19. The summed E-state index contributed by atoms with van der Waals surface area (Å²) >= 11 is 5.98. The van der Waals surface area contributed by atoms with Gasteiger partial charge < -0.3 is 10.6 Å². The van der Waals surface area contributed by atoms with Crippen LogP contribution in [0.1, 0.15) is 11.1 Å². The summed E-state index contributed by atoms with van der Waals surface area (Å²) in [6.07, 6.45) is 1.58. The molecule has 2 aromatic rings. The zero-order valence-electron chi connectivity index (χ0n) is 15.0. The average Bonchev–Trinajstić information content (AvgIpc) is 2.60. The number of rotatable bonds is 7. The first-order valence-corrected chi connectivity index (χ1v) is 10.1. The van der Waals surface area contributed by atoms with E-state index < -0.39 is 10.0 Å². The second kappa shape index (κ2) is 11.5. The van der Waals surface area contributed by atoms with Gasteiger partial charge in [-0.2, -0.15) is 0 Å². The van der Waals surface area contributed by atoms with Crippen LogP contribution >= 0.6 is 35.6 Å². The Labute approximate surface area is 182 Å². The highest BCUT2D eigenvalue weighted by atomic mass is 127. The van der Waals surface area contributed by atoms with Crippen molar-refractivity contribution in [2.45, 2.75) is 17.7 Å². The molecule has 0 bridgehead atoms. The SMILES string of the molecule is CN=C(NCCc1ccc(S(N)(=O)=O)cc1)NCCc1cccc(Cl)c1.I. The molecule has 0 saturated heterocycles. The van der Waals surface area contributed by atoms with Crippen LogP contribution < -0.4 is 15.8 Å². The van der Waals surface area contributed by atoms with Crippen LogP contribution in [-0.4, -0.2) is 34.5 Å². The predicted molar refractivity (Wildman–Crippen MR) is 121 cm³/mol. The van der Waals surface area contributed by atoms with Gasteiger partial charge in [0.1, 0.15) is 0 Å². The van der Waals surface area contributed by atoms with Crippen LogP contribution in [0.2, 0.25) is 5.02 Å². The highest BCUT2D eigenvalue weighted by Gasteiger charge is 2.06. The molecule has 2 rings (SSSR count). The third-order valence-corrected chi connectivity index (χ3v) is 4.94. The van der Waals surface area contributed by atoms with E-state index in [1.807, 2.05) is 24.3 Å². The van der Waals surface area contributed by atoms with E-state index in [9.17, 15) is 8.42 Å². The Hall–Kier alpha value is -1.36. The fraction of sp³-hybridized carbons (Fsp3) is 0.278. The van der Waals surface area contributed by atoms with Crippen LogP contribution in [0.3, 0.4) is 0 Å². The number of aliphatic imine (C=N–C) groups is 1. The van der Waals surface area contributed by atoms with E-state index >= 15 is 0 Å². The van der Waals surface area contributed by atoms with Crippen LogP contribution in [0.4, 0.5) is 0 Å². The Morgan fingerprint density at radius 3 is 2.15 bits per heavy atom. The minimum Gasteiger partial charge on any atom is -0.356 e. The number of hydrogen-bond donors (Lipinski definition) is 3. The van der Waals surface area contributed by atoms with Gasteiger partial charge in [-0.15, -0.1) is 24.0 Å². The zero-order chi connectivity index (χ0) is 19.0. The van der Waals surface area contributed by atoms with Crippen molar-refractivity contribution >= 4 is 51.6 Å². The van der Waals surface area contributed by atoms with Gasteiger partial charge in [0, 0.05) is 25.2 Å². The molecule has 0 saturated carbocycles. The van der Waals surface area contributed by atoms with Crippen molar-refractivity contribution in [3.05, 3.63) is 64.7 Å². The molecule has 148 valence electrons. The summed E-state index contributed by atoms with van der Waals surface area (Å²) in [7, 11) is -1.93. The lowest BCUT2D eigenvalue weighted by Crippen LogP contribution is -2.39. The minimum atomic E-state index is -3.65. The molecule has 0 aliphatic rings. The third kappa shape index (κ3) is 8.46. The fourth-order valence-electron chi connectivity index (χ4n) is 2.41.